The van der Waals surface area contributed by atoms with Gasteiger partial charge in [0.2, 0.25) is 11.8 Å². The van der Waals surface area contributed by atoms with Crippen LogP contribution in [0.2, 0.25) is 0 Å². The van der Waals surface area contributed by atoms with E-state index in [9.17, 15) is 19.2 Å². The van der Waals surface area contributed by atoms with Crippen LogP contribution in [0.25, 0.3) is 0 Å². The Kier molecular flexibility index (Phi) is 7.57. The molecule has 0 aliphatic carbocycles. The zero-order valence-corrected chi connectivity index (χ0v) is 11.5. The van der Waals surface area contributed by atoms with Crippen molar-refractivity contribution in [2.24, 2.45) is 5.73 Å². The highest BCUT2D eigenvalue weighted by Crippen LogP contribution is 2.13. The summed E-state index contributed by atoms with van der Waals surface area (Å²) in [6.07, 6.45) is 0.174. The molecule has 0 aromatic heterocycles. The van der Waals surface area contributed by atoms with Gasteiger partial charge in [0.15, 0.2) is 0 Å². The van der Waals surface area contributed by atoms with Crippen molar-refractivity contribution in [3.05, 3.63) is 0 Å². The summed E-state index contributed by atoms with van der Waals surface area (Å²) in [4.78, 5) is 43.4. The van der Waals surface area contributed by atoms with Crippen molar-refractivity contribution in [2.75, 3.05) is 5.75 Å². The summed E-state index contributed by atoms with van der Waals surface area (Å²) in [7, 11) is 0. The second kappa shape index (κ2) is 8.35. The van der Waals surface area contributed by atoms with Crippen LogP contribution in [0.5, 0.6) is 0 Å². The fraction of sp³-hybridized carbons (Fsp3) is 0.600. The van der Waals surface area contributed by atoms with Crippen LogP contribution in [0.4, 0.5) is 4.79 Å². The minimum Gasteiger partial charge on any atom is -0.480 e. The number of urea groups is 1. The van der Waals surface area contributed by atoms with Crippen molar-refractivity contribution in [3.8, 4) is 0 Å². The van der Waals surface area contributed by atoms with Gasteiger partial charge in [-0.3, -0.25) is 14.9 Å². The summed E-state index contributed by atoms with van der Waals surface area (Å²) in [5.41, 5.74) is 4.80. The summed E-state index contributed by atoms with van der Waals surface area (Å²) in [6, 6.07) is -1.92. The Labute approximate surface area is 114 Å². The normalized spacial score (nSPS) is 13.2. The molecule has 5 N–H and O–H groups in total. The lowest BCUT2D eigenvalue weighted by Crippen LogP contribution is -2.41. The first-order chi connectivity index (χ1) is 8.73. The number of primary amides is 1. The van der Waals surface area contributed by atoms with E-state index < -0.39 is 35.1 Å². The lowest BCUT2D eigenvalue weighted by Gasteiger charge is -2.14. The van der Waals surface area contributed by atoms with Crippen LogP contribution in [-0.4, -0.2) is 46.0 Å². The van der Waals surface area contributed by atoms with Crippen LogP contribution in [0.15, 0.2) is 0 Å². The number of imide groups is 1. The van der Waals surface area contributed by atoms with Gasteiger partial charge in [0.05, 0.1) is 5.25 Å². The number of amides is 4. The Morgan fingerprint density at radius 1 is 1.32 bits per heavy atom. The van der Waals surface area contributed by atoms with Gasteiger partial charge in [-0.25, -0.2) is 9.59 Å². The number of hydrogen-bond acceptors (Lipinski definition) is 5. The lowest BCUT2D eigenvalue weighted by molar-refractivity contribution is -0.141. The molecule has 0 bridgehead atoms. The minimum atomic E-state index is -1.13. The van der Waals surface area contributed by atoms with Crippen molar-refractivity contribution >= 4 is 35.6 Å². The van der Waals surface area contributed by atoms with Crippen molar-refractivity contribution in [1.82, 2.24) is 10.6 Å². The molecule has 0 aromatic carbocycles. The molecule has 0 heterocycles. The molecule has 8 nitrogen and oxygen atoms in total. The molecule has 9 heteroatoms. The number of carbonyl (C=O) groups excluding carboxylic acids is 3. The maximum Gasteiger partial charge on any atom is 0.326 e. The number of aliphatic carboxylic acids is 1. The highest BCUT2D eigenvalue weighted by Gasteiger charge is 2.20. The van der Waals surface area contributed by atoms with E-state index in [1.54, 1.807) is 6.92 Å². The quantitative estimate of drug-likeness (QED) is 0.488. The Balaban J connectivity index is 4.11. The Bertz CT molecular complexity index is 374. The third-order valence-electron chi connectivity index (χ3n) is 2.07. The predicted molar refractivity (Wildman–Crippen MR) is 69.5 cm³/mol. The molecule has 0 saturated carbocycles. The van der Waals surface area contributed by atoms with Crippen LogP contribution in [0, 0.1) is 0 Å². The van der Waals surface area contributed by atoms with Crippen molar-refractivity contribution in [2.45, 2.75) is 31.6 Å². The Morgan fingerprint density at radius 3 is 2.32 bits per heavy atom. The summed E-state index contributed by atoms with van der Waals surface area (Å²) in [5, 5.41) is 12.5. The minimum absolute atomic E-state index is 0.174. The number of nitrogens with two attached hydrogens (primary N) is 1. The lowest BCUT2D eigenvalue weighted by atomic mass is 10.2. The zero-order valence-electron chi connectivity index (χ0n) is 10.6. The molecule has 0 fully saturated rings. The predicted octanol–water partition coefficient (Wildman–Crippen LogP) is -0.718. The first-order valence-corrected chi connectivity index (χ1v) is 6.50. The van der Waals surface area contributed by atoms with Crippen LogP contribution in [0.1, 0.15) is 20.3 Å². The molecule has 19 heavy (non-hydrogen) atoms. The molecule has 2 atom stereocenters. The van der Waals surface area contributed by atoms with E-state index in [1.165, 1.54) is 6.92 Å². The van der Waals surface area contributed by atoms with Gasteiger partial charge in [-0.1, -0.05) is 0 Å². The number of carbonyl (C=O) groups is 4. The molecule has 0 rings (SSSR count). The SMILES string of the molecule is CC(=O)NC(CCSC(C)C(=O)NC(N)=O)C(=O)O. The van der Waals surface area contributed by atoms with Crippen molar-refractivity contribution < 1.29 is 24.3 Å². The van der Waals surface area contributed by atoms with E-state index in [0.717, 1.165) is 11.8 Å². The summed E-state index contributed by atoms with van der Waals surface area (Å²) < 4.78 is 0. The number of carboxylic acids is 1. The van der Waals surface area contributed by atoms with Crippen LogP contribution >= 0.6 is 11.8 Å². The van der Waals surface area contributed by atoms with Crippen LogP contribution < -0.4 is 16.4 Å². The summed E-state index contributed by atoms with van der Waals surface area (Å²) in [5.74, 6) is -1.77. The van der Waals surface area contributed by atoms with Crippen LogP contribution in [-0.2, 0) is 14.4 Å². The molecule has 0 aliphatic rings. The van der Waals surface area contributed by atoms with Crippen molar-refractivity contribution in [1.29, 1.82) is 0 Å². The van der Waals surface area contributed by atoms with Gasteiger partial charge in [0.1, 0.15) is 6.04 Å². The molecule has 108 valence electrons. The van der Waals surface area contributed by atoms with Crippen molar-refractivity contribution in [3.63, 3.8) is 0 Å². The second-order valence-corrected chi connectivity index (χ2v) is 5.20. The maximum atomic E-state index is 11.3. The number of thioether (sulfide) groups is 1. The van der Waals surface area contributed by atoms with Crippen LogP contribution in [0.3, 0.4) is 0 Å². The molecular formula is C10H17N3O5S. The van der Waals surface area contributed by atoms with E-state index in [2.05, 4.69) is 5.32 Å². The molecular weight excluding hydrogens is 274 g/mol. The van der Waals surface area contributed by atoms with E-state index in [-0.39, 0.29) is 6.42 Å². The Morgan fingerprint density at radius 2 is 1.89 bits per heavy atom. The molecule has 0 saturated heterocycles. The number of hydrogen-bond donors (Lipinski definition) is 4. The highest BCUT2D eigenvalue weighted by molar-refractivity contribution is 8.00. The van der Waals surface area contributed by atoms with Gasteiger partial charge >= 0.3 is 12.0 Å². The first-order valence-electron chi connectivity index (χ1n) is 5.45. The second-order valence-electron chi connectivity index (χ2n) is 3.75. The fourth-order valence-electron chi connectivity index (χ4n) is 1.16. The van der Waals surface area contributed by atoms with E-state index in [1.807, 2.05) is 5.32 Å². The standard InChI is InChI=1S/C10H17N3O5S/c1-5(8(15)13-10(11)18)19-4-3-7(9(16)17)12-6(2)14/h5,7H,3-4H2,1-2H3,(H,12,14)(H,16,17)(H3,11,13,15,18). The molecule has 0 aromatic rings. The summed E-state index contributed by atoms with van der Waals surface area (Å²) >= 11 is 1.16. The van der Waals surface area contributed by atoms with Gasteiger partial charge in [-0.05, 0) is 19.1 Å². The third kappa shape index (κ3) is 8.03. The monoisotopic (exact) mass is 291 g/mol. The number of carboxylic acid groups (broad SMARTS) is 1. The van der Waals surface area contributed by atoms with E-state index >= 15 is 0 Å². The summed E-state index contributed by atoms with van der Waals surface area (Å²) in [6.45, 7) is 2.79. The molecule has 2 unspecified atom stereocenters. The average Bonchev–Trinajstić information content (AvgIpc) is 2.25. The van der Waals surface area contributed by atoms with Gasteiger partial charge in [-0.2, -0.15) is 0 Å². The molecule has 4 amide bonds. The van der Waals surface area contributed by atoms with Gasteiger partial charge < -0.3 is 16.2 Å². The fourth-order valence-corrected chi connectivity index (χ4v) is 2.10. The largest absolute Gasteiger partial charge is 0.480 e. The molecule has 0 radical (unpaired) electrons. The molecule has 0 spiro atoms. The van der Waals surface area contributed by atoms with Gasteiger partial charge in [-0.15, -0.1) is 11.8 Å². The Hall–Kier alpha value is -1.77. The smallest absolute Gasteiger partial charge is 0.326 e. The first kappa shape index (κ1) is 17.2. The zero-order chi connectivity index (χ0) is 15.0. The van der Waals surface area contributed by atoms with E-state index in [0.29, 0.717) is 5.75 Å². The number of nitrogens with one attached hydrogen (secondary N) is 2. The topological polar surface area (TPSA) is 139 Å². The third-order valence-corrected chi connectivity index (χ3v) is 3.25. The highest BCUT2D eigenvalue weighted by atomic mass is 32.2. The van der Waals surface area contributed by atoms with Gasteiger partial charge in [0, 0.05) is 6.92 Å². The van der Waals surface area contributed by atoms with E-state index in [4.69, 9.17) is 10.8 Å². The van der Waals surface area contributed by atoms with Gasteiger partial charge in [0.25, 0.3) is 0 Å². The average molecular weight is 291 g/mol. The number of rotatable bonds is 7. The maximum absolute atomic E-state index is 11.3. The molecule has 0 aliphatic heterocycles.